The average Bonchev–Trinajstić information content (AvgIpc) is 3.30. The molecular formula is C40H61NO7S. The number of hydrogen-bond acceptors (Lipinski definition) is 7. The van der Waals surface area contributed by atoms with Crippen LogP contribution in [-0.2, 0) is 33.8 Å². The molecular weight excluding hydrogens is 639 g/mol. The van der Waals surface area contributed by atoms with Crippen LogP contribution in [0.5, 0.6) is 0 Å². The monoisotopic (exact) mass is 699 g/mol. The highest BCUT2D eigenvalue weighted by Gasteiger charge is 2.69. The lowest BCUT2D eigenvalue weighted by Crippen LogP contribution is -2.51. The summed E-state index contributed by atoms with van der Waals surface area (Å²) in [6.07, 6.45) is 11.9. The van der Waals surface area contributed by atoms with Gasteiger partial charge in [0.1, 0.15) is 5.78 Å². The molecule has 0 aromatic carbocycles. The molecule has 2 unspecified atom stereocenters. The van der Waals surface area contributed by atoms with Gasteiger partial charge in [0, 0.05) is 50.5 Å². The zero-order valence-electron chi connectivity index (χ0n) is 31.4. The van der Waals surface area contributed by atoms with E-state index in [0.717, 1.165) is 19.3 Å². The van der Waals surface area contributed by atoms with E-state index in [1.54, 1.807) is 31.7 Å². The molecule has 1 aliphatic heterocycles. The van der Waals surface area contributed by atoms with Crippen LogP contribution in [-0.4, -0.2) is 65.4 Å². The number of rotatable bonds is 17. The van der Waals surface area contributed by atoms with Crippen LogP contribution < -0.4 is 0 Å². The van der Waals surface area contributed by atoms with Gasteiger partial charge < -0.3 is 4.90 Å². The third kappa shape index (κ3) is 9.40. The van der Waals surface area contributed by atoms with E-state index in [1.165, 1.54) is 0 Å². The van der Waals surface area contributed by atoms with Gasteiger partial charge >= 0.3 is 0 Å². The Kier molecular flexibility index (Phi) is 12.8. The fraction of sp³-hybridized carbons (Fsp3) is 0.775. The minimum absolute atomic E-state index is 0.0273. The van der Waals surface area contributed by atoms with E-state index in [-0.39, 0.29) is 79.0 Å². The van der Waals surface area contributed by atoms with Gasteiger partial charge in [-0.25, -0.2) is 8.42 Å². The number of piperidine rings is 1. The number of Topliss-reactive ketones (excluding diaryl/α,β-unsaturated/α-hetero) is 4. The van der Waals surface area contributed by atoms with Crippen LogP contribution in [0.15, 0.2) is 12.7 Å². The summed E-state index contributed by atoms with van der Waals surface area (Å²) in [5.74, 6) is -0.817. The molecule has 1 heterocycles. The number of ketones is 4. The highest BCUT2D eigenvalue weighted by atomic mass is 32.2. The molecule has 0 N–H and O–H groups in total. The first-order chi connectivity index (χ1) is 22.5. The van der Waals surface area contributed by atoms with Crippen molar-refractivity contribution in [2.45, 2.75) is 143 Å². The number of sulfone groups is 1. The molecule has 1 saturated heterocycles. The minimum atomic E-state index is -3.47. The molecule has 2 aliphatic carbocycles. The molecule has 9 heteroatoms. The number of carbonyl (C=O) groups excluding carboxylic acids is 5. The lowest BCUT2D eigenvalue weighted by atomic mass is 9.70. The van der Waals surface area contributed by atoms with Crippen molar-refractivity contribution < 1.29 is 32.4 Å². The first-order valence-corrected chi connectivity index (χ1v) is 19.9. The summed E-state index contributed by atoms with van der Waals surface area (Å²) >= 11 is 0. The number of terminal acetylenes is 1. The van der Waals surface area contributed by atoms with Gasteiger partial charge in [0.25, 0.3) is 0 Å². The first-order valence-electron chi connectivity index (χ1n) is 18.2. The number of allylic oxidation sites excluding steroid dienone is 1. The van der Waals surface area contributed by atoms with E-state index < -0.39 is 54.9 Å². The van der Waals surface area contributed by atoms with Crippen molar-refractivity contribution in [2.24, 2.45) is 39.9 Å². The van der Waals surface area contributed by atoms with E-state index in [1.807, 2.05) is 20.8 Å². The highest BCUT2D eigenvalue weighted by molar-refractivity contribution is 7.92. The number of fused-ring (bicyclic) bond motifs is 1. The normalized spacial score (nSPS) is 24.2. The van der Waals surface area contributed by atoms with E-state index >= 15 is 0 Å². The molecule has 0 aromatic heterocycles. The van der Waals surface area contributed by atoms with Crippen molar-refractivity contribution in [3.8, 4) is 12.3 Å². The fourth-order valence-corrected chi connectivity index (χ4v) is 10.0. The molecule has 0 spiro atoms. The van der Waals surface area contributed by atoms with Crippen LogP contribution in [0.3, 0.4) is 0 Å². The van der Waals surface area contributed by atoms with E-state index in [9.17, 15) is 32.4 Å². The van der Waals surface area contributed by atoms with Gasteiger partial charge in [0.15, 0.2) is 21.4 Å². The van der Waals surface area contributed by atoms with Crippen molar-refractivity contribution >= 4 is 38.9 Å². The van der Waals surface area contributed by atoms with Crippen LogP contribution in [0, 0.1) is 52.3 Å². The standard InChI is InChI=1S/C40H61NO7S/c1-11-13-18-27(35(45)31(43)19-14-12-2)22-32(44)34-33-30(39(33,9)10)25-41(34)36(46)29(37(3,4)5)23-28(42)24-40(20-16-15-17-21-40)26-49(47,48)38(6,7)8/h1,12,27,29-30,33-34H,2,13-26H2,3-10H3/t27?,29-,30+,33?,34-/m1/s1. The zero-order chi connectivity index (χ0) is 37.2. The number of amides is 1. The summed E-state index contributed by atoms with van der Waals surface area (Å²) in [5.41, 5.74) is -1.41. The number of likely N-dealkylation sites (tertiary alicyclic amines) is 1. The molecule has 49 heavy (non-hydrogen) atoms. The van der Waals surface area contributed by atoms with Crippen LogP contribution in [0.2, 0.25) is 0 Å². The van der Waals surface area contributed by atoms with Crippen LogP contribution >= 0.6 is 0 Å². The number of hydrogen-bond donors (Lipinski definition) is 0. The topological polar surface area (TPSA) is 123 Å². The Balaban J connectivity index is 1.87. The molecule has 0 bridgehead atoms. The summed E-state index contributed by atoms with van der Waals surface area (Å²) in [6.45, 7) is 19.0. The molecule has 5 atom stereocenters. The van der Waals surface area contributed by atoms with E-state index in [0.29, 0.717) is 25.8 Å². The second-order valence-electron chi connectivity index (χ2n) is 17.9. The Labute approximate surface area is 295 Å². The van der Waals surface area contributed by atoms with Crippen LogP contribution in [0.4, 0.5) is 0 Å². The van der Waals surface area contributed by atoms with Crippen molar-refractivity contribution in [3.63, 3.8) is 0 Å². The lowest BCUT2D eigenvalue weighted by molar-refractivity contribution is -0.148. The van der Waals surface area contributed by atoms with Crippen LogP contribution in [0.25, 0.3) is 0 Å². The predicted molar refractivity (Wildman–Crippen MR) is 193 cm³/mol. The van der Waals surface area contributed by atoms with Gasteiger partial charge in [0.05, 0.1) is 16.5 Å². The molecule has 3 aliphatic rings. The summed E-state index contributed by atoms with van der Waals surface area (Å²) in [5, 5.41) is 0. The van der Waals surface area contributed by atoms with Gasteiger partial charge in [-0.05, 0) is 74.5 Å². The molecule has 3 fully saturated rings. The number of nitrogens with zero attached hydrogens (tertiary/aromatic N) is 1. The van der Waals surface area contributed by atoms with Crippen molar-refractivity contribution in [1.29, 1.82) is 0 Å². The minimum Gasteiger partial charge on any atom is -0.332 e. The smallest absolute Gasteiger partial charge is 0.227 e. The molecule has 8 nitrogen and oxygen atoms in total. The maximum absolute atomic E-state index is 14.5. The Bertz CT molecular complexity index is 1450. The van der Waals surface area contributed by atoms with Crippen molar-refractivity contribution in [3.05, 3.63) is 12.7 Å². The van der Waals surface area contributed by atoms with Gasteiger partial charge in [-0.1, -0.05) is 60.0 Å². The highest BCUT2D eigenvalue weighted by Crippen LogP contribution is 2.65. The third-order valence-electron chi connectivity index (χ3n) is 11.8. The SMILES string of the molecule is C#CCCC(CC(=O)[C@@H]1C2[C@H](CN1C(=O)[C@@H](CC(=O)CC1(CS(=O)(=O)C(C)(C)C)CCCCC1)C(C)(C)C)C2(C)C)C(=O)C(=O)CCC=C. The van der Waals surface area contributed by atoms with Gasteiger partial charge in [-0.2, -0.15) is 0 Å². The summed E-state index contributed by atoms with van der Waals surface area (Å²) in [6, 6.07) is -0.751. The summed E-state index contributed by atoms with van der Waals surface area (Å²) < 4.78 is 25.8. The number of carbonyl (C=O) groups is 5. The average molecular weight is 700 g/mol. The summed E-state index contributed by atoms with van der Waals surface area (Å²) in [4.78, 5) is 70.1. The van der Waals surface area contributed by atoms with E-state index in [2.05, 4.69) is 26.3 Å². The fourth-order valence-electron chi connectivity index (χ4n) is 8.39. The Morgan fingerprint density at radius 1 is 1.00 bits per heavy atom. The van der Waals surface area contributed by atoms with E-state index in [4.69, 9.17) is 6.42 Å². The van der Waals surface area contributed by atoms with Gasteiger partial charge in [0.2, 0.25) is 11.7 Å². The second kappa shape index (κ2) is 15.3. The Hall–Kier alpha value is -2.60. The molecule has 0 radical (unpaired) electrons. The Morgan fingerprint density at radius 2 is 1.61 bits per heavy atom. The maximum Gasteiger partial charge on any atom is 0.227 e. The molecule has 274 valence electrons. The molecule has 3 rings (SSSR count). The first kappa shape index (κ1) is 40.8. The van der Waals surface area contributed by atoms with Crippen LogP contribution in [0.1, 0.15) is 132 Å². The predicted octanol–water partition coefficient (Wildman–Crippen LogP) is 6.74. The van der Waals surface area contributed by atoms with Crippen molar-refractivity contribution in [2.75, 3.05) is 12.3 Å². The third-order valence-corrected chi connectivity index (χ3v) is 14.7. The summed E-state index contributed by atoms with van der Waals surface area (Å²) in [7, 11) is -3.47. The molecule has 2 saturated carbocycles. The molecule has 0 aromatic rings. The zero-order valence-corrected chi connectivity index (χ0v) is 32.2. The lowest BCUT2D eigenvalue weighted by Gasteiger charge is -2.40. The van der Waals surface area contributed by atoms with Crippen molar-refractivity contribution in [1.82, 2.24) is 4.90 Å². The van der Waals surface area contributed by atoms with Gasteiger partial charge in [-0.3, -0.25) is 24.0 Å². The quantitative estimate of drug-likeness (QED) is 0.0937. The Morgan fingerprint density at radius 3 is 2.14 bits per heavy atom. The maximum atomic E-state index is 14.5. The largest absolute Gasteiger partial charge is 0.332 e. The van der Waals surface area contributed by atoms with Gasteiger partial charge in [-0.15, -0.1) is 18.9 Å². The second-order valence-corrected chi connectivity index (χ2v) is 20.6. The molecule has 1 amide bonds.